The van der Waals surface area contributed by atoms with E-state index in [1.54, 1.807) is 18.2 Å². The Kier molecular flexibility index (Phi) is 5.23. The standard InChI is InChI=1S/C20H19Cl2N3O2/c21-14-3-4-18(16(22)10-14)27-12-19(26)25-8-5-13(6-9-25)15-11-24-17-2-1-7-23-20(15)17/h1-4,7,10-11,13,24H,5-6,8-9,12H2. The molecule has 0 atom stereocenters. The summed E-state index contributed by atoms with van der Waals surface area (Å²) in [4.78, 5) is 22.1. The van der Waals surface area contributed by atoms with Gasteiger partial charge >= 0.3 is 0 Å². The van der Waals surface area contributed by atoms with Gasteiger partial charge in [0.25, 0.3) is 5.91 Å². The molecule has 0 unspecified atom stereocenters. The highest BCUT2D eigenvalue weighted by Crippen LogP contribution is 2.32. The summed E-state index contributed by atoms with van der Waals surface area (Å²) in [5.41, 5.74) is 3.32. The van der Waals surface area contributed by atoms with Gasteiger partial charge in [0, 0.05) is 30.5 Å². The number of nitrogens with zero attached hydrogens (tertiary/aromatic N) is 2. The molecule has 3 aromatic rings. The molecule has 0 radical (unpaired) electrons. The van der Waals surface area contributed by atoms with E-state index in [9.17, 15) is 4.79 Å². The molecule has 27 heavy (non-hydrogen) atoms. The van der Waals surface area contributed by atoms with Crippen LogP contribution in [0.3, 0.4) is 0 Å². The number of aromatic amines is 1. The van der Waals surface area contributed by atoms with Crippen LogP contribution < -0.4 is 4.74 Å². The summed E-state index contributed by atoms with van der Waals surface area (Å²) >= 11 is 12.0. The molecule has 5 nitrogen and oxygen atoms in total. The summed E-state index contributed by atoms with van der Waals surface area (Å²) in [6.45, 7) is 1.39. The van der Waals surface area contributed by atoms with Crippen molar-refractivity contribution >= 4 is 40.1 Å². The van der Waals surface area contributed by atoms with Gasteiger partial charge in [-0.25, -0.2) is 0 Å². The summed E-state index contributed by atoms with van der Waals surface area (Å²) < 4.78 is 5.57. The minimum absolute atomic E-state index is 0.0271. The van der Waals surface area contributed by atoms with E-state index in [0.717, 1.165) is 23.9 Å². The molecule has 1 amide bonds. The van der Waals surface area contributed by atoms with Gasteiger partial charge in [-0.1, -0.05) is 23.2 Å². The third kappa shape index (κ3) is 3.89. The molecule has 0 spiro atoms. The number of likely N-dealkylation sites (tertiary alicyclic amines) is 1. The minimum Gasteiger partial charge on any atom is -0.482 e. The van der Waals surface area contributed by atoms with Crippen molar-refractivity contribution in [1.82, 2.24) is 14.9 Å². The van der Waals surface area contributed by atoms with Crippen LogP contribution in [0.5, 0.6) is 5.75 Å². The molecule has 1 aromatic carbocycles. The maximum atomic E-state index is 12.5. The fourth-order valence-corrected chi connectivity index (χ4v) is 4.01. The number of pyridine rings is 1. The highest BCUT2D eigenvalue weighted by atomic mass is 35.5. The van der Waals surface area contributed by atoms with Gasteiger partial charge in [0.15, 0.2) is 6.61 Å². The van der Waals surface area contributed by atoms with Gasteiger partial charge in [-0.2, -0.15) is 0 Å². The second-order valence-corrected chi connectivity index (χ2v) is 7.51. The Morgan fingerprint density at radius 3 is 2.85 bits per heavy atom. The lowest BCUT2D eigenvalue weighted by Crippen LogP contribution is -2.40. The Bertz CT molecular complexity index is 965. The van der Waals surface area contributed by atoms with Crippen molar-refractivity contribution in [3.63, 3.8) is 0 Å². The number of hydrogen-bond acceptors (Lipinski definition) is 3. The highest BCUT2D eigenvalue weighted by Gasteiger charge is 2.26. The smallest absolute Gasteiger partial charge is 0.260 e. The van der Waals surface area contributed by atoms with Crippen LogP contribution >= 0.6 is 23.2 Å². The minimum atomic E-state index is -0.0310. The zero-order valence-electron chi connectivity index (χ0n) is 14.6. The highest BCUT2D eigenvalue weighted by molar-refractivity contribution is 6.35. The normalized spacial score (nSPS) is 15.3. The molecule has 1 N–H and O–H groups in total. The number of amides is 1. The number of halogens is 2. The molecule has 2 aromatic heterocycles. The number of carbonyl (C=O) groups excluding carboxylic acids is 1. The van der Waals surface area contributed by atoms with Crippen LogP contribution in [0.4, 0.5) is 0 Å². The number of hydrogen-bond donors (Lipinski definition) is 1. The largest absolute Gasteiger partial charge is 0.482 e. The van der Waals surface area contributed by atoms with Gasteiger partial charge in [0.1, 0.15) is 5.75 Å². The third-order valence-corrected chi connectivity index (χ3v) is 5.53. The summed E-state index contributed by atoms with van der Waals surface area (Å²) in [5.74, 6) is 0.843. The Balaban J connectivity index is 1.34. The van der Waals surface area contributed by atoms with Gasteiger partial charge < -0.3 is 14.6 Å². The molecule has 1 aliphatic heterocycles. The van der Waals surface area contributed by atoms with Crippen molar-refractivity contribution in [2.24, 2.45) is 0 Å². The van der Waals surface area contributed by atoms with Crippen LogP contribution in [0.15, 0.2) is 42.7 Å². The van der Waals surface area contributed by atoms with E-state index in [0.29, 0.717) is 34.8 Å². The maximum Gasteiger partial charge on any atom is 0.260 e. The van der Waals surface area contributed by atoms with Crippen molar-refractivity contribution in [1.29, 1.82) is 0 Å². The average Bonchev–Trinajstić information content (AvgIpc) is 3.11. The summed E-state index contributed by atoms with van der Waals surface area (Å²) in [6, 6.07) is 8.92. The van der Waals surface area contributed by atoms with Gasteiger partial charge in [0.05, 0.1) is 16.1 Å². The first-order chi connectivity index (χ1) is 13.1. The van der Waals surface area contributed by atoms with Crippen molar-refractivity contribution in [3.05, 3.63) is 58.3 Å². The lowest BCUT2D eigenvalue weighted by atomic mass is 9.90. The second kappa shape index (κ2) is 7.79. The fraction of sp³-hybridized carbons (Fsp3) is 0.300. The van der Waals surface area contributed by atoms with Gasteiger partial charge in [-0.05, 0) is 54.7 Å². The van der Waals surface area contributed by atoms with E-state index >= 15 is 0 Å². The van der Waals surface area contributed by atoms with Crippen molar-refractivity contribution in [2.45, 2.75) is 18.8 Å². The van der Waals surface area contributed by atoms with Crippen LogP contribution in [-0.4, -0.2) is 40.5 Å². The van der Waals surface area contributed by atoms with Crippen LogP contribution in [0.25, 0.3) is 11.0 Å². The number of nitrogens with one attached hydrogen (secondary N) is 1. The lowest BCUT2D eigenvalue weighted by Gasteiger charge is -2.31. The van der Waals surface area contributed by atoms with Gasteiger partial charge in [0.2, 0.25) is 0 Å². The summed E-state index contributed by atoms with van der Waals surface area (Å²) in [5, 5.41) is 0.938. The van der Waals surface area contributed by atoms with Crippen LogP contribution in [-0.2, 0) is 4.79 Å². The number of piperidine rings is 1. The molecule has 3 heterocycles. The monoisotopic (exact) mass is 403 g/mol. The Morgan fingerprint density at radius 1 is 1.26 bits per heavy atom. The van der Waals surface area contributed by atoms with E-state index in [2.05, 4.69) is 9.97 Å². The third-order valence-electron chi connectivity index (χ3n) is 5.00. The molecule has 0 bridgehead atoms. The quantitative estimate of drug-likeness (QED) is 0.689. The SMILES string of the molecule is O=C(COc1ccc(Cl)cc1Cl)N1CCC(c2c[nH]c3cccnc23)CC1. The average molecular weight is 404 g/mol. The number of ether oxygens (including phenoxy) is 1. The van der Waals surface area contributed by atoms with Crippen LogP contribution in [0.2, 0.25) is 10.0 Å². The zero-order valence-corrected chi connectivity index (χ0v) is 16.1. The predicted octanol–water partition coefficient (Wildman–Crippen LogP) is 4.65. The molecule has 1 fully saturated rings. The maximum absolute atomic E-state index is 12.5. The van der Waals surface area contributed by atoms with Gasteiger partial charge in [-0.3, -0.25) is 9.78 Å². The topological polar surface area (TPSA) is 58.2 Å². The first-order valence-corrected chi connectivity index (χ1v) is 9.65. The molecular formula is C20H19Cl2N3O2. The molecule has 0 aliphatic carbocycles. The first-order valence-electron chi connectivity index (χ1n) is 8.89. The molecule has 4 rings (SSSR count). The number of benzene rings is 1. The Labute approximate surface area is 167 Å². The van der Waals surface area contributed by atoms with Crippen LogP contribution in [0, 0.1) is 0 Å². The number of aromatic nitrogens is 2. The molecule has 140 valence electrons. The number of carbonyl (C=O) groups is 1. The number of H-pyrrole nitrogens is 1. The van der Waals surface area contributed by atoms with Crippen molar-refractivity contribution < 1.29 is 9.53 Å². The number of fused-ring (bicyclic) bond motifs is 1. The predicted molar refractivity (Wildman–Crippen MR) is 107 cm³/mol. The second-order valence-electron chi connectivity index (χ2n) is 6.66. The Hall–Kier alpha value is -2.24. The summed E-state index contributed by atoms with van der Waals surface area (Å²) in [7, 11) is 0. The van der Waals surface area contributed by atoms with E-state index in [-0.39, 0.29) is 12.5 Å². The van der Waals surface area contributed by atoms with Crippen molar-refractivity contribution in [3.8, 4) is 5.75 Å². The van der Waals surface area contributed by atoms with E-state index in [4.69, 9.17) is 27.9 Å². The fourth-order valence-electron chi connectivity index (χ4n) is 3.55. The number of rotatable bonds is 4. The van der Waals surface area contributed by atoms with Crippen LogP contribution in [0.1, 0.15) is 24.3 Å². The first kappa shape index (κ1) is 18.1. The van der Waals surface area contributed by atoms with E-state index in [1.165, 1.54) is 5.56 Å². The van der Waals surface area contributed by atoms with E-state index < -0.39 is 0 Å². The molecule has 1 saturated heterocycles. The molecule has 7 heteroatoms. The zero-order chi connectivity index (χ0) is 18.8. The van der Waals surface area contributed by atoms with Crippen molar-refractivity contribution in [2.75, 3.05) is 19.7 Å². The molecule has 1 aliphatic rings. The molecule has 0 saturated carbocycles. The Morgan fingerprint density at radius 2 is 2.07 bits per heavy atom. The summed E-state index contributed by atoms with van der Waals surface area (Å²) in [6.07, 6.45) is 5.69. The lowest BCUT2D eigenvalue weighted by molar-refractivity contribution is -0.134. The molecular weight excluding hydrogens is 385 g/mol. The van der Waals surface area contributed by atoms with Gasteiger partial charge in [-0.15, -0.1) is 0 Å². The van der Waals surface area contributed by atoms with E-state index in [1.807, 2.05) is 29.4 Å².